The van der Waals surface area contributed by atoms with Crippen LogP contribution >= 0.6 is 0 Å². The first-order chi connectivity index (χ1) is 9.68. The van der Waals surface area contributed by atoms with Crippen molar-refractivity contribution in [1.82, 2.24) is 9.88 Å². The van der Waals surface area contributed by atoms with Crippen molar-refractivity contribution in [2.45, 2.75) is 6.42 Å². The summed E-state index contributed by atoms with van der Waals surface area (Å²) in [5.41, 5.74) is 8.14. The van der Waals surface area contributed by atoms with Crippen molar-refractivity contribution >= 4 is 17.2 Å². The topological polar surface area (TPSA) is 45.4 Å². The maximum absolute atomic E-state index is 6.03. The van der Waals surface area contributed by atoms with E-state index in [1.807, 2.05) is 30.3 Å². The molecular weight excluding hydrogens is 248 g/mol. The molecule has 106 valence electrons. The van der Waals surface area contributed by atoms with Crippen LogP contribution in [0.4, 0.5) is 17.2 Å². The van der Waals surface area contributed by atoms with Gasteiger partial charge in [-0.25, -0.2) is 4.98 Å². The molecule has 0 bridgehead atoms. The minimum Gasteiger partial charge on any atom is -0.382 e. The Labute approximate surface area is 120 Å². The summed E-state index contributed by atoms with van der Waals surface area (Å²) in [7, 11) is 4.18. The van der Waals surface area contributed by atoms with Gasteiger partial charge >= 0.3 is 0 Å². The van der Waals surface area contributed by atoms with Gasteiger partial charge in [-0.15, -0.1) is 0 Å². The highest BCUT2D eigenvalue weighted by Gasteiger charge is 2.12. The number of anilines is 3. The summed E-state index contributed by atoms with van der Waals surface area (Å²) in [5.74, 6) is 0.571. The SMILES string of the molecule is CN(C)CCCN(c1ccccc1)c1cccnc1N. The van der Waals surface area contributed by atoms with E-state index in [4.69, 9.17) is 5.73 Å². The Morgan fingerprint density at radius 2 is 1.75 bits per heavy atom. The summed E-state index contributed by atoms with van der Waals surface area (Å²) in [6.45, 7) is 1.96. The summed E-state index contributed by atoms with van der Waals surface area (Å²) >= 11 is 0. The Morgan fingerprint density at radius 3 is 2.40 bits per heavy atom. The Morgan fingerprint density at radius 1 is 1.00 bits per heavy atom. The zero-order valence-corrected chi connectivity index (χ0v) is 12.2. The molecule has 0 aliphatic carbocycles. The first-order valence-corrected chi connectivity index (χ1v) is 6.86. The maximum Gasteiger partial charge on any atom is 0.147 e. The average molecular weight is 270 g/mol. The van der Waals surface area contributed by atoms with Crippen LogP contribution in [0.1, 0.15) is 6.42 Å². The van der Waals surface area contributed by atoms with Gasteiger partial charge in [0.1, 0.15) is 5.82 Å². The number of hydrogen-bond donors (Lipinski definition) is 1. The smallest absolute Gasteiger partial charge is 0.147 e. The highest BCUT2D eigenvalue weighted by molar-refractivity contribution is 5.71. The third kappa shape index (κ3) is 3.71. The summed E-state index contributed by atoms with van der Waals surface area (Å²) in [6, 6.07) is 14.2. The molecule has 0 atom stereocenters. The molecule has 2 N–H and O–H groups in total. The van der Waals surface area contributed by atoms with E-state index in [9.17, 15) is 0 Å². The number of pyridine rings is 1. The van der Waals surface area contributed by atoms with Gasteiger partial charge in [0.05, 0.1) is 5.69 Å². The third-order valence-electron chi connectivity index (χ3n) is 3.16. The fourth-order valence-corrected chi connectivity index (χ4v) is 2.18. The molecule has 4 nitrogen and oxygen atoms in total. The lowest BCUT2D eigenvalue weighted by Gasteiger charge is -2.26. The molecule has 0 fully saturated rings. The molecule has 0 saturated carbocycles. The van der Waals surface area contributed by atoms with Crippen LogP contribution in [-0.4, -0.2) is 37.1 Å². The van der Waals surface area contributed by atoms with Crippen LogP contribution in [-0.2, 0) is 0 Å². The monoisotopic (exact) mass is 270 g/mol. The summed E-state index contributed by atoms with van der Waals surface area (Å²) in [6.07, 6.45) is 2.79. The Kier molecular flexibility index (Phi) is 4.96. The zero-order valence-electron chi connectivity index (χ0n) is 12.2. The lowest BCUT2D eigenvalue weighted by molar-refractivity contribution is 0.402. The quantitative estimate of drug-likeness (QED) is 0.876. The molecule has 0 amide bonds. The van der Waals surface area contributed by atoms with Crippen LogP contribution in [0.15, 0.2) is 48.7 Å². The number of rotatable bonds is 6. The van der Waals surface area contributed by atoms with Gasteiger partial charge in [0.15, 0.2) is 0 Å². The number of para-hydroxylation sites is 1. The number of aromatic nitrogens is 1. The Balaban J connectivity index is 2.23. The van der Waals surface area contributed by atoms with Crippen molar-refractivity contribution in [3.05, 3.63) is 48.7 Å². The van der Waals surface area contributed by atoms with E-state index in [0.717, 1.165) is 30.9 Å². The number of benzene rings is 1. The van der Waals surface area contributed by atoms with Gasteiger partial charge in [-0.05, 0) is 51.3 Å². The van der Waals surface area contributed by atoms with E-state index in [0.29, 0.717) is 5.82 Å². The predicted molar refractivity (Wildman–Crippen MR) is 85.3 cm³/mol. The first kappa shape index (κ1) is 14.3. The number of hydrogen-bond acceptors (Lipinski definition) is 4. The molecule has 1 aromatic carbocycles. The molecular formula is C16H22N4. The molecule has 2 aromatic rings. The van der Waals surface area contributed by atoms with Crippen molar-refractivity contribution in [2.24, 2.45) is 0 Å². The van der Waals surface area contributed by atoms with Crippen molar-refractivity contribution in [3.63, 3.8) is 0 Å². The molecule has 1 heterocycles. The van der Waals surface area contributed by atoms with Gasteiger partial charge in [0, 0.05) is 18.4 Å². The van der Waals surface area contributed by atoms with E-state index >= 15 is 0 Å². The van der Waals surface area contributed by atoms with E-state index < -0.39 is 0 Å². The minimum atomic E-state index is 0.571. The van der Waals surface area contributed by atoms with Crippen LogP contribution in [0, 0.1) is 0 Å². The standard InChI is InChI=1S/C16H22N4/c1-19(2)12-7-13-20(14-8-4-3-5-9-14)15-10-6-11-18-16(15)17/h3-6,8-11H,7,12-13H2,1-2H3,(H2,17,18). The largest absolute Gasteiger partial charge is 0.382 e. The fraction of sp³-hybridized carbons (Fsp3) is 0.312. The number of nitrogens with two attached hydrogens (primary N) is 1. The van der Waals surface area contributed by atoms with Gasteiger partial charge in [-0.2, -0.15) is 0 Å². The van der Waals surface area contributed by atoms with Crippen molar-refractivity contribution in [2.75, 3.05) is 37.8 Å². The summed E-state index contributed by atoms with van der Waals surface area (Å²) < 4.78 is 0. The zero-order chi connectivity index (χ0) is 14.4. The van der Waals surface area contributed by atoms with Crippen LogP contribution in [0.5, 0.6) is 0 Å². The number of nitrogen functional groups attached to an aromatic ring is 1. The van der Waals surface area contributed by atoms with Gasteiger partial charge in [0.25, 0.3) is 0 Å². The van der Waals surface area contributed by atoms with Crippen molar-refractivity contribution in [3.8, 4) is 0 Å². The van der Waals surface area contributed by atoms with Gasteiger partial charge in [0.2, 0.25) is 0 Å². The van der Waals surface area contributed by atoms with Crippen LogP contribution in [0.25, 0.3) is 0 Å². The van der Waals surface area contributed by atoms with Gasteiger partial charge < -0.3 is 15.5 Å². The Hall–Kier alpha value is -2.07. The molecule has 0 radical (unpaired) electrons. The maximum atomic E-state index is 6.03. The molecule has 0 aliphatic heterocycles. The van der Waals surface area contributed by atoms with Crippen LogP contribution < -0.4 is 10.6 Å². The highest BCUT2D eigenvalue weighted by atomic mass is 15.2. The lowest BCUT2D eigenvalue weighted by atomic mass is 10.2. The summed E-state index contributed by atoms with van der Waals surface area (Å²) in [5, 5.41) is 0. The molecule has 1 aromatic heterocycles. The fourth-order valence-electron chi connectivity index (χ4n) is 2.18. The van der Waals surface area contributed by atoms with E-state index in [2.05, 4.69) is 41.0 Å². The van der Waals surface area contributed by atoms with E-state index in [-0.39, 0.29) is 0 Å². The second kappa shape index (κ2) is 6.91. The van der Waals surface area contributed by atoms with Crippen molar-refractivity contribution in [1.29, 1.82) is 0 Å². The molecule has 2 rings (SSSR count). The van der Waals surface area contributed by atoms with Crippen LogP contribution in [0.2, 0.25) is 0 Å². The molecule has 4 heteroatoms. The third-order valence-corrected chi connectivity index (χ3v) is 3.16. The van der Waals surface area contributed by atoms with Crippen LogP contribution in [0.3, 0.4) is 0 Å². The highest BCUT2D eigenvalue weighted by Crippen LogP contribution is 2.28. The second-order valence-electron chi connectivity index (χ2n) is 5.05. The van der Waals surface area contributed by atoms with Crippen molar-refractivity contribution < 1.29 is 0 Å². The molecule has 20 heavy (non-hydrogen) atoms. The lowest BCUT2D eigenvalue weighted by Crippen LogP contribution is -2.24. The number of nitrogens with zero attached hydrogens (tertiary/aromatic N) is 3. The molecule has 0 aliphatic rings. The Bertz CT molecular complexity index is 525. The normalized spacial score (nSPS) is 10.8. The van der Waals surface area contributed by atoms with E-state index in [1.165, 1.54) is 0 Å². The molecule has 0 unspecified atom stereocenters. The second-order valence-corrected chi connectivity index (χ2v) is 5.05. The predicted octanol–water partition coefficient (Wildman–Crippen LogP) is 2.75. The van der Waals surface area contributed by atoms with Gasteiger partial charge in [-0.1, -0.05) is 18.2 Å². The average Bonchev–Trinajstić information content (AvgIpc) is 2.45. The molecule has 0 saturated heterocycles. The molecule has 0 spiro atoms. The first-order valence-electron chi connectivity index (χ1n) is 6.86. The van der Waals surface area contributed by atoms with Gasteiger partial charge in [-0.3, -0.25) is 0 Å². The minimum absolute atomic E-state index is 0.571. The van der Waals surface area contributed by atoms with E-state index in [1.54, 1.807) is 6.20 Å². The summed E-state index contributed by atoms with van der Waals surface area (Å²) in [4.78, 5) is 8.61.